The summed E-state index contributed by atoms with van der Waals surface area (Å²) in [4.78, 5) is 11.8. The molecule has 0 fully saturated rings. The normalized spacial score (nSPS) is 14.1. The van der Waals surface area contributed by atoms with E-state index in [0.717, 1.165) is 5.56 Å². The molecule has 0 saturated carbocycles. The molecular formula is C13H19NO3. The standard InChI is InChI=1S/C13H19NO3/c1-3-17-13(16)12(14-9-10(2)15)11-7-5-4-6-8-11/h4-8,10,12,14-15H,3,9H2,1-2H3. The summed E-state index contributed by atoms with van der Waals surface area (Å²) < 4.78 is 5.01. The van der Waals surface area contributed by atoms with Crippen molar-refractivity contribution in [1.82, 2.24) is 5.32 Å². The molecule has 1 aromatic rings. The maximum absolute atomic E-state index is 11.8. The van der Waals surface area contributed by atoms with E-state index >= 15 is 0 Å². The number of aliphatic hydroxyl groups is 1. The van der Waals surface area contributed by atoms with Crippen LogP contribution in [0, 0.1) is 0 Å². The number of carbonyl (C=O) groups excluding carboxylic acids is 1. The number of hydrogen-bond acceptors (Lipinski definition) is 4. The smallest absolute Gasteiger partial charge is 0.327 e. The van der Waals surface area contributed by atoms with Gasteiger partial charge in [-0.05, 0) is 19.4 Å². The Balaban J connectivity index is 2.75. The zero-order valence-electron chi connectivity index (χ0n) is 10.2. The molecule has 2 N–H and O–H groups in total. The molecule has 0 aliphatic rings. The van der Waals surface area contributed by atoms with Crippen LogP contribution in [0.1, 0.15) is 25.5 Å². The van der Waals surface area contributed by atoms with E-state index in [1.54, 1.807) is 13.8 Å². The molecule has 2 unspecified atom stereocenters. The number of nitrogens with one attached hydrogen (secondary N) is 1. The number of aliphatic hydroxyl groups excluding tert-OH is 1. The van der Waals surface area contributed by atoms with Crippen LogP contribution >= 0.6 is 0 Å². The van der Waals surface area contributed by atoms with E-state index in [1.165, 1.54) is 0 Å². The van der Waals surface area contributed by atoms with Crippen LogP contribution in [0.3, 0.4) is 0 Å². The second-order valence-corrected chi connectivity index (χ2v) is 3.85. The van der Waals surface area contributed by atoms with Gasteiger partial charge in [0, 0.05) is 6.54 Å². The number of hydrogen-bond donors (Lipinski definition) is 2. The Morgan fingerprint density at radius 3 is 2.59 bits per heavy atom. The van der Waals surface area contributed by atoms with Gasteiger partial charge in [-0.15, -0.1) is 0 Å². The third-order valence-corrected chi connectivity index (χ3v) is 2.27. The molecular weight excluding hydrogens is 218 g/mol. The number of carbonyl (C=O) groups is 1. The fraction of sp³-hybridized carbons (Fsp3) is 0.462. The molecule has 0 aliphatic carbocycles. The van der Waals surface area contributed by atoms with Crippen molar-refractivity contribution >= 4 is 5.97 Å². The van der Waals surface area contributed by atoms with Gasteiger partial charge in [-0.2, -0.15) is 0 Å². The number of esters is 1. The van der Waals surface area contributed by atoms with Crippen LogP contribution in [0.25, 0.3) is 0 Å². The lowest BCUT2D eigenvalue weighted by atomic mass is 10.1. The summed E-state index contributed by atoms with van der Waals surface area (Å²) in [5.41, 5.74) is 0.839. The second kappa shape index (κ2) is 7.04. The quantitative estimate of drug-likeness (QED) is 0.731. The maximum atomic E-state index is 11.8. The predicted molar refractivity (Wildman–Crippen MR) is 65.5 cm³/mol. The summed E-state index contributed by atoms with van der Waals surface area (Å²) in [5.74, 6) is -0.320. The van der Waals surface area contributed by atoms with Crippen LogP contribution in [0.4, 0.5) is 0 Å². The molecule has 0 aromatic heterocycles. The zero-order valence-corrected chi connectivity index (χ0v) is 10.2. The van der Waals surface area contributed by atoms with Gasteiger partial charge >= 0.3 is 5.97 Å². The van der Waals surface area contributed by atoms with E-state index in [1.807, 2.05) is 30.3 Å². The van der Waals surface area contributed by atoms with Crippen LogP contribution < -0.4 is 5.32 Å². The molecule has 0 aliphatic heterocycles. The van der Waals surface area contributed by atoms with Gasteiger partial charge in [-0.3, -0.25) is 5.32 Å². The SMILES string of the molecule is CCOC(=O)C(NCC(C)O)c1ccccc1. The van der Waals surface area contributed by atoms with Crippen molar-refractivity contribution in [1.29, 1.82) is 0 Å². The minimum absolute atomic E-state index is 0.320. The molecule has 17 heavy (non-hydrogen) atoms. The lowest BCUT2D eigenvalue weighted by molar-refractivity contribution is -0.145. The van der Waals surface area contributed by atoms with E-state index in [2.05, 4.69) is 5.32 Å². The van der Waals surface area contributed by atoms with Crippen molar-refractivity contribution in [3.63, 3.8) is 0 Å². The van der Waals surface area contributed by atoms with E-state index < -0.39 is 12.1 Å². The molecule has 1 rings (SSSR count). The predicted octanol–water partition coefficient (Wildman–Crippen LogP) is 1.26. The van der Waals surface area contributed by atoms with Crippen molar-refractivity contribution < 1.29 is 14.6 Å². The first-order valence-electron chi connectivity index (χ1n) is 5.78. The van der Waals surface area contributed by atoms with Gasteiger partial charge in [-0.1, -0.05) is 30.3 Å². The van der Waals surface area contributed by atoms with Crippen LogP contribution in [0.15, 0.2) is 30.3 Å². The Hall–Kier alpha value is -1.39. The Kier molecular flexibility index (Phi) is 5.66. The van der Waals surface area contributed by atoms with Crippen molar-refractivity contribution in [2.45, 2.75) is 26.0 Å². The maximum Gasteiger partial charge on any atom is 0.327 e. The van der Waals surface area contributed by atoms with E-state index in [4.69, 9.17) is 4.74 Å². The van der Waals surface area contributed by atoms with E-state index in [9.17, 15) is 9.90 Å². The average molecular weight is 237 g/mol. The van der Waals surface area contributed by atoms with Gasteiger partial charge in [0.2, 0.25) is 0 Å². The molecule has 4 heteroatoms. The van der Waals surface area contributed by atoms with E-state index in [-0.39, 0.29) is 5.97 Å². The van der Waals surface area contributed by atoms with Gasteiger partial charge in [0.15, 0.2) is 0 Å². The summed E-state index contributed by atoms with van der Waals surface area (Å²) in [6.45, 7) is 4.13. The minimum Gasteiger partial charge on any atom is -0.465 e. The molecule has 0 radical (unpaired) electrons. The van der Waals surface area contributed by atoms with Crippen LogP contribution in [-0.2, 0) is 9.53 Å². The summed E-state index contributed by atoms with van der Waals surface area (Å²) in [7, 11) is 0. The monoisotopic (exact) mass is 237 g/mol. The van der Waals surface area contributed by atoms with Gasteiger partial charge < -0.3 is 9.84 Å². The van der Waals surface area contributed by atoms with Crippen molar-refractivity contribution in [2.24, 2.45) is 0 Å². The van der Waals surface area contributed by atoms with E-state index in [0.29, 0.717) is 13.2 Å². The highest BCUT2D eigenvalue weighted by Crippen LogP contribution is 2.14. The summed E-state index contributed by atoms with van der Waals surface area (Å²) >= 11 is 0. The van der Waals surface area contributed by atoms with Crippen molar-refractivity contribution in [3.05, 3.63) is 35.9 Å². The summed E-state index contributed by atoms with van der Waals surface area (Å²) in [6, 6.07) is 8.82. The first kappa shape index (κ1) is 13.7. The molecule has 0 bridgehead atoms. The average Bonchev–Trinajstić information content (AvgIpc) is 2.30. The summed E-state index contributed by atoms with van der Waals surface area (Å²) in [6.07, 6.45) is -0.504. The van der Waals surface area contributed by atoms with Gasteiger partial charge in [0.1, 0.15) is 6.04 Å². The largest absolute Gasteiger partial charge is 0.465 e. The van der Waals surface area contributed by atoms with Crippen molar-refractivity contribution in [3.8, 4) is 0 Å². The molecule has 0 spiro atoms. The lowest BCUT2D eigenvalue weighted by Crippen LogP contribution is -2.34. The van der Waals surface area contributed by atoms with Crippen molar-refractivity contribution in [2.75, 3.05) is 13.2 Å². The van der Waals surface area contributed by atoms with Crippen LogP contribution in [-0.4, -0.2) is 30.3 Å². The Morgan fingerprint density at radius 1 is 1.41 bits per heavy atom. The highest BCUT2D eigenvalue weighted by Gasteiger charge is 2.21. The second-order valence-electron chi connectivity index (χ2n) is 3.85. The fourth-order valence-electron chi connectivity index (χ4n) is 1.50. The fourth-order valence-corrected chi connectivity index (χ4v) is 1.50. The zero-order chi connectivity index (χ0) is 12.7. The topological polar surface area (TPSA) is 58.6 Å². The third kappa shape index (κ3) is 4.54. The Morgan fingerprint density at radius 2 is 2.06 bits per heavy atom. The highest BCUT2D eigenvalue weighted by atomic mass is 16.5. The third-order valence-electron chi connectivity index (χ3n) is 2.27. The minimum atomic E-state index is -0.522. The molecule has 0 heterocycles. The number of ether oxygens (including phenoxy) is 1. The number of benzene rings is 1. The van der Waals surface area contributed by atoms with Gasteiger partial charge in [0.05, 0.1) is 12.7 Å². The molecule has 0 saturated heterocycles. The van der Waals surface area contributed by atoms with Crippen LogP contribution in [0.2, 0.25) is 0 Å². The molecule has 4 nitrogen and oxygen atoms in total. The van der Waals surface area contributed by atoms with Gasteiger partial charge in [-0.25, -0.2) is 4.79 Å². The summed E-state index contributed by atoms with van der Waals surface area (Å²) in [5, 5.41) is 12.2. The lowest BCUT2D eigenvalue weighted by Gasteiger charge is -2.18. The first-order chi connectivity index (χ1) is 8.15. The molecule has 1 aromatic carbocycles. The molecule has 2 atom stereocenters. The molecule has 94 valence electrons. The Labute approximate surface area is 102 Å². The Bertz CT molecular complexity index is 338. The highest BCUT2D eigenvalue weighted by molar-refractivity contribution is 5.77. The first-order valence-corrected chi connectivity index (χ1v) is 5.78. The van der Waals surface area contributed by atoms with Crippen LogP contribution in [0.5, 0.6) is 0 Å². The number of rotatable bonds is 6. The molecule has 0 amide bonds. The van der Waals surface area contributed by atoms with Gasteiger partial charge in [0.25, 0.3) is 0 Å².